The second-order valence-electron chi connectivity index (χ2n) is 6.57. The molecule has 0 spiro atoms. The zero-order chi connectivity index (χ0) is 17.5. The summed E-state index contributed by atoms with van der Waals surface area (Å²) in [5, 5.41) is 3.48. The number of nitrogens with zero attached hydrogens (tertiary/aromatic N) is 2. The van der Waals surface area contributed by atoms with Crippen molar-refractivity contribution in [3.05, 3.63) is 35.9 Å². The van der Waals surface area contributed by atoms with Gasteiger partial charge in [0.25, 0.3) is 0 Å². The molecule has 0 saturated carbocycles. The molecule has 2 aliphatic heterocycles. The van der Waals surface area contributed by atoms with E-state index < -0.39 is 0 Å². The third kappa shape index (κ3) is 5.61. The summed E-state index contributed by atoms with van der Waals surface area (Å²) >= 11 is 0. The first-order valence-electron chi connectivity index (χ1n) is 9.21. The van der Waals surface area contributed by atoms with E-state index in [9.17, 15) is 0 Å². The van der Waals surface area contributed by atoms with Crippen molar-refractivity contribution in [1.82, 2.24) is 10.2 Å². The molecule has 1 unspecified atom stereocenters. The summed E-state index contributed by atoms with van der Waals surface area (Å²) in [4.78, 5) is 6.75. The molecular formula is C20H30IN3O2. The maximum absolute atomic E-state index is 5.80. The average Bonchev–Trinajstić information content (AvgIpc) is 2.70. The number of rotatable bonds is 4. The normalized spacial score (nSPS) is 20.8. The number of guanidine groups is 1. The number of ether oxygens (including phenoxy) is 2. The van der Waals surface area contributed by atoms with Gasteiger partial charge in [0.1, 0.15) is 5.75 Å². The van der Waals surface area contributed by atoms with Crippen LogP contribution in [0.5, 0.6) is 5.75 Å². The summed E-state index contributed by atoms with van der Waals surface area (Å²) in [6.07, 6.45) is 7.22. The zero-order valence-electron chi connectivity index (χ0n) is 15.7. The van der Waals surface area contributed by atoms with Crippen LogP contribution in [0.1, 0.15) is 31.2 Å². The van der Waals surface area contributed by atoms with E-state index in [4.69, 9.17) is 9.47 Å². The Morgan fingerprint density at radius 3 is 2.92 bits per heavy atom. The molecule has 1 aromatic carbocycles. The maximum Gasteiger partial charge on any atom is 0.194 e. The van der Waals surface area contributed by atoms with E-state index in [0.717, 1.165) is 50.8 Å². The molecule has 1 N–H and O–H groups in total. The second-order valence-corrected chi connectivity index (χ2v) is 6.57. The first-order chi connectivity index (χ1) is 12.3. The van der Waals surface area contributed by atoms with E-state index in [1.54, 1.807) is 7.11 Å². The highest BCUT2D eigenvalue weighted by Gasteiger charge is 2.19. The Kier molecular flexibility index (Phi) is 8.71. The van der Waals surface area contributed by atoms with Crippen LogP contribution in [0, 0.1) is 0 Å². The van der Waals surface area contributed by atoms with E-state index >= 15 is 0 Å². The van der Waals surface area contributed by atoms with Crippen molar-refractivity contribution < 1.29 is 9.47 Å². The summed E-state index contributed by atoms with van der Waals surface area (Å²) < 4.78 is 11.1. The van der Waals surface area contributed by atoms with Crippen molar-refractivity contribution in [2.24, 2.45) is 4.99 Å². The summed E-state index contributed by atoms with van der Waals surface area (Å²) in [6.45, 7) is 3.57. The van der Waals surface area contributed by atoms with Crippen LogP contribution < -0.4 is 10.1 Å². The minimum atomic E-state index is 0. The number of aliphatic imine (C=N–C) groups is 1. The predicted octanol–water partition coefficient (Wildman–Crippen LogP) is 3.55. The minimum Gasteiger partial charge on any atom is -0.497 e. The molecule has 6 heteroatoms. The van der Waals surface area contributed by atoms with Crippen LogP contribution in [-0.4, -0.2) is 57.4 Å². The summed E-state index contributed by atoms with van der Waals surface area (Å²) in [7, 11) is 3.56. The van der Waals surface area contributed by atoms with E-state index in [1.165, 1.54) is 24.0 Å². The van der Waals surface area contributed by atoms with Crippen LogP contribution in [-0.2, 0) is 4.74 Å². The highest BCUT2D eigenvalue weighted by Crippen LogP contribution is 2.25. The van der Waals surface area contributed by atoms with Crippen LogP contribution in [0.3, 0.4) is 0 Å². The van der Waals surface area contributed by atoms with Crippen molar-refractivity contribution >= 4 is 35.5 Å². The van der Waals surface area contributed by atoms with Gasteiger partial charge in [-0.2, -0.15) is 0 Å². The molecule has 3 rings (SSSR count). The minimum absolute atomic E-state index is 0. The van der Waals surface area contributed by atoms with Gasteiger partial charge in [-0.15, -0.1) is 24.0 Å². The molecule has 1 atom stereocenters. The predicted molar refractivity (Wildman–Crippen MR) is 118 cm³/mol. The molecule has 1 saturated heterocycles. The Hall–Kier alpha value is -1.28. The topological polar surface area (TPSA) is 46.1 Å². The lowest BCUT2D eigenvalue weighted by Crippen LogP contribution is -2.46. The Balaban J connectivity index is 0.00000243. The summed E-state index contributed by atoms with van der Waals surface area (Å²) in [5.41, 5.74) is 2.62. The average molecular weight is 471 g/mol. The van der Waals surface area contributed by atoms with Crippen LogP contribution in [0.25, 0.3) is 5.57 Å². The summed E-state index contributed by atoms with van der Waals surface area (Å²) in [5.74, 6) is 1.88. The van der Waals surface area contributed by atoms with Gasteiger partial charge < -0.3 is 19.7 Å². The number of methoxy groups -OCH3 is 1. The second kappa shape index (κ2) is 10.8. The molecule has 0 radical (unpaired) electrons. The van der Waals surface area contributed by atoms with E-state index in [2.05, 4.69) is 33.4 Å². The molecule has 26 heavy (non-hydrogen) atoms. The Morgan fingerprint density at radius 2 is 2.27 bits per heavy atom. The van der Waals surface area contributed by atoms with Gasteiger partial charge in [0.15, 0.2) is 5.96 Å². The molecule has 0 amide bonds. The maximum atomic E-state index is 5.80. The van der Waals surface area contributed by atoms with E-state index in [-0.39, 0.29) is 24.0 Å². The Morgan fingerprint density at radius 1 is 1.38 bits per heavy atom. The number of hydrogen-bond donors (Lipinski definition) is 1. The molecule has 0 bridgehead atoms. The van der Waals surface area contributed by atoms with Crippen molar-refractivity contribution in [1.29, 1.82) is 0 Å². The highest BCUT2D eigenvalue weighted by molar-refractivity contribution is 14.0. The molecule has 1 aromatic rings. The molecule has 2 aliphatic rings. The molecule has 1 fully saturated rings. The fraction of sp³-hybridized carbons (Fsp3) is 0.550. The fourth-order valence-corrected chi connectivity index (χ4v) is 3.45. The molecular weight excluding hydrogens is 441 g/mol. The van der Waals surface area contributed by atoms with Crippen LogP contribution >= 0.6 is 24.0 Å². The van der Waals surface area contributed by atoms with Crippen LogP contribution in [0.15, 0.2) is 35.3 Å². The van der Waals surface area contributed by atoms with Crippen molar-refractivity contribution in [2.45, 2.75) is 31.8 Å². The lowest BCUT2D eigenvalue weighted by molar-refractivity contribution is 0.0191. The van der Waals surface area contributed by atoms with Crippen LogP contribution in [0.2, 0.25) is 0 Å². The largest absolute Gasteiger partial charge is 0.497 e. The monoisotopic (exact) mass is 471 g/mol. The Labute approximate surface area is 173 Å². The van der Waals surface area contributed by atoms with Crippen LogP contribution in [0.4, 0.5) is 0 Å². The SMILES string of the molecule is CN=C(NCC1CCCCO1)N1CC=C(c2cccc(OC)c2)CC1.I. The molecule has 5 nitrogen and oxygen atoms in total. The van der Waals surface area contributed by atoms with Gasteiger partial charge >= 0.3 is 0 Å². The smallest absolute Gasteiger partial charge is 0.194 e. The lowest BCUT2D eigenvalue weighted by atomic mass is 9.99. The highest BCUT2D eigenvalue weighted by atomic mass is 127. The fourth-order valence-electron chi connectivity index (χ4n) is 3.45. The number of halogens is 1. The van der Waals surface area contributed by atoms with Gasteiger partial charge in [0, 0.05) is 33.3 Å². The number of hydrogen-bond acceptors (Lipinski definition) is 3. The molecule has 2 heterocycles. The van der Waals surface area contributed by atoms with E-state index in [1.807, 2.05) is 19.2 Å². The molecule has 144 valence electrons. The van der Waals surface area contributed by atoms with E-state index in [0.29, 0.717) is 6.10 Å². The first-order valence-corrected chi connectivity index (χ1v) is 9.21. The van der Waals surface area contributed by atoms with Crippen molar-refractivity contribution in [3.63, 3.8) is 0 Å². The Bertz CT molecular complexity index is 627. The molecule has 0 aromatic heterocycles. The zero-order valence-corrected chi connectivity index (χ0v) is 18.1. The summed E-state index contributed by atoms with van der Waals surface area (Å²) in [6, 6.07) is 8.29. The first kappa shape index (κ1) is 21.0. The standard InChI is InChI=1S/C20H29N3O2.HI/c1-21-20(22-15-19-7-3-4-13-25-19)23-11-9-16(10-12-23)17-6-5-8-18(14-17)24-2;/h5-6,8-9,14,19H,3-4,7,10-13,15H2,1-2H3,(H,21,22);1H. The van der Waals surface area contributed by atoms with Gasteiger partial charge in [-0.3, -0.25) is 4.99 Å². The van der Waals surface area contributed by atoms with Gasteiger partial charge in [-0.05, 0) is 49.0 Å². The van der Waals surface area contributed by atoms with Gasteiger partial charge in [-0.25, -0.2) is 0 Å². The number of nitrogens with one attached hydrogen (secondary N) is 1. The number of benzene rings is 1. The third-order valence-electron chi connectivity index (χ3n) is 4.92. The van der Waals surface area contributed by atoms with Crippen molar-refractivity contribution in [2.75, 3.05) is 40.4 Å². The van der Waals surface area contributed by atoms with Gasteiger partial charge in [0.05, 0.1) is 13.2 Å². The quantitative estimate of drug-likeness (QED) is 0.415. The molecule has 0 aliphatic carbocycles. The van der Waals surface area contributed by atoms with Crippen molar-refractivity contribution in [3.8, 4) is 5.75 Å². The van der Waals surface area contributed by atoms with Gasteiger partial charge in [-0.1, -0.05) is 18.2 Å². The third-order valence-corrected chi connectivity index (χ3v) is 4.92. The lowest BCUT2D eigenvalue weighted by Gasteiger charge is -2.31. The van der Waals surface area contributed by atoms with Gasteiger partial charge in [0.2, 0.25) is 0 Å².